The van der Waals surface area contributed by atoms with E-state index >= 15 is 0 Å². The molecule has 1 saturated heterocycles. The van der Waals surface area contributed by atoms with Crippen LogP contribution >= 0.6 is 11.3 Å². The lowest BCUT2D eigenvalue weighted by molar-refractivity contribution is 0.101. The number of hydrogen-bond donors (Lipinski definition) is 0. The van der Waals surface area contributed by atoms with Gasteiger partial charge in [-0.2, -0.15) is 0 Å². The summed E-state index contributed by atoms with van der Waals surface area (Å²) in [5.74, 6) is 0.926. The first kappa shape index (κ1) is 11.7. The smallest absolute Gasteiger partial charge is 0.178 e. The molecule has 0 amide bonds. The van der Waals surface area contributed by atoms with Crippen molar-refractivity contribution in [1.29, 1.82) is 0 Å². The molecular formula is C12H18N2OS. The van der Waals surface area contributed by atoms with Crippen molar-refractivity contribution >= 4 is 17.1 Å². The predicted molar refractivity (Wildman–Crippen MR) is 65.8 cm³/mol. The molecule has 1 aliphatic rings. The molecule has 1 aliphatic heterocycles. The van der Waals surface area contributed by atoms with Gasteiger partial charge in [-0.25, -0.2) is 4.98 Å². The summed E-state index contributed by atoms with van der Waals surface area (Å²) in [6.07, 6.45) is 2.57. The molecular weight excluding hydrogens is 220 g/mol. The third-order valence-corrected chi connectivity index (χ3v) is 3.98. The van der Waals surface area contributed by atoms with Gasteiger partial charge in [-0.3, -0.25) is 9.69 Å². The molecule has 0 spiro atoms. The lowest BCUT2D eigenvalue weighted by atomic mass is 9.99. The van der Waals surface area contributed by atoms with Crippen LogP contribution in [0.4, 0.5) is 0 Å². The van der Waals surface area contributed by atoms with Gasteiger partial charge in [-0.05, 0) is 31.8 Å². The van der Waals surface area contributed by atoms with Gasteiger partial charge < -0.3 is 0 Å². The average Bonchev–Trinajstić information content (AvgIpc) is 2.70. The van der Waals surface area contributed by atoms with Crippen molar-refractivity contribution in [3.8, 4) is 0 Å². The second-order valence-electron chi connectivity index (χ2n) is 4.64. The molecule has 0 unspecified atom stereocenters. The fourth-order valence-corrected chi connectivity index (χ4v) is 2.83. The molecule has 0 N–H and O–H groups in total. The van der Waals surface area contributed by atoms with E-state index in [1.54, 1.807) is 18.3 Å². The summed E-state index contributed by atoms with van der Waals surface area (Å²) in [5.41, 5.74) is 0.616. The van der Waals surface area contributed by atoms with Crippen molar-refractivity contribution < 1.29 is 4.79 Å². The second-order valence-corrected chi connectivity index (χ2v) is 5.58. The van der Waals surface area contributed by atoms with E-state index in [0.29, 0.717) is 5.69 Å². The highest BCUT2D eigenvalue weighted by molar-refractivity contribution is 7.09. The molecule has 0 bridgehead atoms. The molecule has 0 atom stereocenters. The van der Waals surface area contributed by atoms with Crippen molar-refractivity contribution in [2.45, 2.75) is 33.2 Å². The normalized spacial score (nSPS) is 18.9. The highest BCUT2D eigenvalue weighted by atomic mass is 32.1. The van der Waals surface area contributed by atoms with Crippen LogP contribution in [-0.4, -0.2) is 28.8 Å². The minimum atomic E-state index is 0.0646. The van der Waals surface area contributed by atoms with Crippen LogP contribution in [0.25, 0.3) is 0 Å². The second kappa shape index (κ2) is 5.06. The van der Waals surface area contributed by atoms with Crippen LogP contribution in [0, 0.1) is 5.92 Å². The van der Waals surface area contributed by atoms with Gasteiger partial charge in [0, 0.05) is 12.3 Å². The molecule has 2 heterocycles. The Kier molecular flexibility index (Phi) is 3.71. The lowest BCUT2D eigenvalue weighted by Crippen LogP contribution is -2.32. The van der Waals surface area contributed by atoms with Gasteiger partial charge in [0.2, 0.25) is 0 Å². The number of hydrogen-bond acceptors (Lipinski definition) is 4. The molecule has 2 rings (SSSR count). The molecule has 3 nitrogen and oxygen atoms in total. The summed E-state index contributed by atoms with van der Waals surface area (Å²) in [4.78, 5) is 17.9. The van der Waals surface area contributed by atoms with Crippen LogP contribution in [0.3, 0.4) is 0 Å². The number of Topliss-reactive ketones (excluding diaryl/α,β-unsaturated/α-hetero) is 1. The van der Waals surface area contributed by atoms with E-state index in [2.05, 4.69) is 16.8 Å². The number of thiazole rings is 1. The number of piperidine rings is 1. The fourth-order valence-electron chi connectivity index (χ4n) is 1.96. The number of carbonyl (C=O) groups is 1. The summed E-state index contributed by atoms with van der Waals surface area (Å²) < 4.78 is 0. The number of ketones is 1. The van der Waals surface area contributed by atoms with Crippen LogP contribution in [0.5, 0.6) is 0 Å². The van der Waals surface area contributed by atoms with Gasteiger partial charge in [0.15, 0.2) is 5.78 Å². The van der Waals surface area contributed by atoms with Crippen molar-refractivity contribution in [2.24, 2.45) is 5.92 Å². The zero-order valence-corrected chi connectivity index (χ0v) is 10.7. The van der Waals surface area contributed by atoms with Gasteiger partial charge in [0.1, 0.15) is 10.7 Å². The van der Waals surface area contributed by atoms with E-state index < -0.39 is 0 Å². The Bertz CT molecular complexity index is 367. The first-order chi connectivity index (χ1) is 7.65. The van der Waals surface area contributed by atoms with Gasteiger partial charge in [0.25, 0.3) is 0 Å². The summed E-state index contributed by atoms with van der Waals surface area (Å²) in [6.45, 7) is 7.12. The van der Waals surface area contributed by atoms with Crippen LogP contribution in [0.2, 0.25) is 0 Å². The molecule has 16 heavy (non-hydrogen) atoms. The quantitative estimate of drug-likeness (QED) is 0.759. The molecule has 1 fully saturated rings. The van der Waals surface area contributed by atoms with E-state index in [0.717, 1.165) is 30.6 Å². The van der Waals surface area contributed by atoms with Crippen LogP contribution in [0.1, 0.15) is 42.2 Å². The first-order valence-corrected chi connectivity index (χ1v) is 6.71. The van der Waals surface area contributed by atoms with Crippen LogP contribution in [-0.2, 0) is 6.54 Å². The third-order valence-electron chi connectivity index (χ3n) is 3.15. The first-order valence-electron chi connectivity index (χ1n) is 5.83. The van der Waals surface area contributed by atoms with E-state index in [1.165, 1.54) is 12.8 Å². The van der Waals surface area contributed by atoms with Crippen LogP contribution < -0.4 is 0 Å². The SMILES string of the molecule is CC(=O)c1csc(CN2CCC(C)CC2)n1. The summed E-state index contributed by atoms with van der Waals surface area (Å²) in [7, 11) is 0. The standard InChI is InChI=1S/C12H18N2OS/c1-9-3-5-14(6-4-9)7-12-13-11(8-16-12)10(2)15/h8-9H,3-7H2,1-2H3. The Morgan fingerprint density at radius 1 is 1.56 bits per heavy atom. The Morgan fingerprint density at radius 2 is 2.25 bits per heavy atom. The summed E-state index contributed by atoms with van der Waals surface area (Å²) >= 11 is 1.60. The minimum Gasteiger partial charge on any atom is -0.297 e. The number of nitrogens with zero attached hydrogens (tertiary/aromatic N) is 2. The van der Waals surface area contributed by atoms with Crippen LogP contribution in [0.15, 0.2) is 5.38 Å². The van der Waals surface area contributed by atoms with E-state index in [-0.39, 0.29) is 5.78 Å². The predicted octanol–water partition coefficient (Wildman–Crippen LogP) is 2.58. The molecule has 1 aromatic rings. The van der Waals surface area contributed by atoms with Gasteiger partial charge in [-0.15, -0.1) is 11.3 Å². The molecule has 0 saturated carbocycles. The Morgan fingerprint density at radius 3 is 2.81 bits per heavy atom. The van der Waals surface area contributed by atoms with Crippen molar-refractivity contribution in [1.82, 2.24) is 9.88 Å². The van der Waals surface area contributed by atoms with E-state index in [1.807, 2.05) is 5.38 Å². The van der Waals surface area contributed by atoms with Crippen molar-refractivity contribution in [3.63, 3.8) is 0 Å². The van der Waals surface area contributed by atoms with E-state index in [9.17, 15) is 4.79 Å². The van der Waals surface area contributed by atoms with Crippen molar-refractivity contribution in [2.75, 3.05) is 13.1 Å². The molecule has 0 radical (unpaired) electrons. The molecule has 88 valence electrons. The monoisotopic (exact) mass is 238 g/mol. The maximum atomic E-state index is 11.1. The molecule has 4 heteroatoms. The van der Waals surface area contributed by atoms with Gasteiger partial charge in [-0.1, -0.05) is 6.92 Å². The Balaban J connectivity index is 1.91. The molecule has 0 aromatic carbocycles. The highest BCUT2D eigenvalue weighted by Crippen LogP contribution is 2.19. The zero-order valence-electron chi connectivity index (χ0n) is 9.90. The maximum Gasteiger partial charge on any atom is 0.178 e. The minimum absolute atomic E-state index is 0.0646. The summed E-state index contributed by atoms with van der Waals surface area (Å²) in [5, 5.41) is 2.93. The van der Waals surface area contributed by atoms with Gasteiger partial charge in [0.05, 0.1) is 6.54 Å². The Hall–Kier alpha value is -0.740. The zero-order chi connectivity index (χ0) is 11.5. The number of aromatic nitrogens is 1. The topological polar surface area (TPSA) is 33.2 Å². The average molecular weight is 238 g/mol. The lowest BCUT2D eigenvalue weighted by Gasteiger charge is -2.29. The summed E-state index contributed by atoms with van der Waals surface area (Å²) in [6, 6.07) is 0. The van der Waals surface area contributed by atoms with Crippen molar-refractivity contribution in [3.05, 3.63) is 16.1 Å². The third kappa shape index (κ3) is 2.89. The number of carbonyl (C=O) groups excluding carboxylic acids is 1. The largest absolute Gasteiger partial charge is 0.297 e. The van der Waals surface area contributed by atoms with E-state index in [4.69, 9.17) is 0 Å². The molecule has 1 aromatic heterocycles. The fraction of sp³-hybridized carbons (Fsp3) is 0.667. The Labute approximate surface area is 100 Å². The number of rotatable bonds is 3. The maximum absolute atomic E-state index is 11.1. The van der Waals surface area contributed by atoms with Gasteiger partial charge >= 0.3 is 0 Å². The molecule has 0 aliphatic carbocycles. The highest BCUT2D eigenvalue weighted by Gasteiger charge is 2.17. The number of likely N-dealkylation sites (tertiary alicyclic amines) is 1.